The Balaban J connectivity index is 2.45. The molecule has 0 aliphatic carbocycles. The SMILES string of the molecule is CCC(NCc1ccc(F)cc1)C(C)C. The summed E-state index contributed by atoms with van der Waals surface area (Å²) in [6, 6.07) is 7.21. The highest BCUT2D eigenvalue weighted by molar-refractivity contribution is 5.15. The summed E-state index contributed by atoms with van der Waals surface area (Å²) in [6.07, 6.45) is 1.12. The smallest absolute Gasteiger partial charge is 0.123 e. The van der Waals surface area contributed by atoms with Gasteiger partial charge in [-0.15, -0.1) is 0 Å². The van der Waals surface area contributed by atoms with Crippen LogP contribution in [-0.2, 0) is 6.54 Å². The van der Waals surface area contributed by atoms with Gasteiger partial charge in [0.25, 0.3) is 0 Å². The zero-order chi connectivity index (χ0) is 11.3. The lowest BCUT2D eigenvalue weighted by atomic mass is 10.0. The van der Waals surface area contributed by atoms with E-state index in [2.05, 4.69) is 26.1 Å². The predicted octanol–water partition coefficient (Wildman–Crippen LogP) is 3.35. The van der Waals surface area contributed by atoms with Gasteiger partial charge in [-0.2, -0.15) is 0 Å². The highest BCUT2D eigenvalue weighted by atomic mass is 19.1. The molecular weight excluding hydrogens is 189 g/mol. The number of rotatable bonds is 5. The average Bonchev–Trinajstić information content (AvgIpc) is 2.21. The topological polar surface area (TPSA) is 12.0 Å². The fourth-order valence-electron chi connectivity index (χ4n) is 1.70. The zero-order valence-electron chi connectivity index (χ0n) is 9.76. The lowest BCUT2D eigenvalue weighted by molar-refractivity contribution is 0.387. The summed E-state index contributed by atoms with van der Waals surface area (Å²) in [6.45, 7) is 7.43. The van der Waals surface area contributed by atoms with Crippen molar-refractivity contribution in [1.82, 2.24) is 5.32 Å². The minimum absolute atomic E-state index is 0.172. The minimum Gasteiger partial charge on any atom is -0.310 e. The van der Waals surface area contributed by atoms with Crippen LogP contribution in [0.1, 0.15) is 32.8 Å². The van der Waals surface area contributed by atoms with Crippen LogP contribution in [0.2, 0.25) is 0 Å². The van der Waals surface area contributed by atoms with Crippen LogP contribution < -0.4 is 5.32 Å². The van der Waals surface area contributed by atoms with E-state index >= 15 is 0 Å². The monoisotopic (exact) mass is 209 g/mol. The van der Waals surface area contributed by atoms with Gasteiger partial charge in [0.1, 0.15) is 5.82 Å². The van der Waals surface area contributed by atoms with Crippen LogP contribution in [0, 0.1) is 11.7 Å². The maximum Gasteiger partial charge on any atom is 0.123 e. The van der Waals surface area contributed by atoms with Crippen molar-refractivity contribution >= 4 is 0 Å². The normalized spacial score (nSPS) is 13.1. The van der Waals surface area contributed by atoms with Crippen molar-refractivity contribution in [2.45, 2.75) is 39.8 Å². The van der Waals surface area contributed by atoms with E-state index in [0.29, 0.717) is 12.0 Å². The van der Waals surface area contributed by atoms with Gasteiger partial charge in [-0.3, -0.25) is 0 Å². The minimum atomic E-state index is -0.172. The summed E-state index contributed by atoms with van der Waals surface area (Å²) in [7, 11) is 0. The molecule has 0 aliphatic rings. The molecule has 0 aliphatic heterocycles. The van der Waals surface area contributed by atoms with Crippen molar-refractivity contribution in [3.63, 3.8) is 0 Å². The van der Waals surface area contributed by atoms with Gasteiger partial charge in [-0.1, -0.05) is 32.9 Å². The highest BCUT2D eigenvalue weighted by Gasteiger charge is 2.09. The third-order valence-electron chi connectivity index (χ3n) is 2.73. The molecule has 1 unspecified atom stereocenters. The average molecular weight is 209 g/mol. The second-order valence-electron chi connectivity index (χ2n) is 4.27. The van der Waals surface area contributed by atoms with Crippen LogP contribution in [0.4, 0.5) is 4.39 Å². The molecule has 1 aromatic rings. The van der Waals surface area contributed by atoms with Crippen molar-refractivity contribution in [3.05, 3.63) is 35.6 Å². The largest absolute Gasteiger partial charge is 0.310 e. The van der Waals surface area contributed by atoms with Crippen molar-refractivity contribution in [3.8, 4) is 0 Å². The van der Waals surface area contributed by atoms with Crippen LogP contribution >= 0.6 is 0 Å². The van der Waals surface area contributed by atoms with Crippen molar-refractivity contribution in [2.75, 3.05) is 0 Å². The van der Waals surface area contributed by atoms with Crippen LogP contribution in [0.25, 0.3) is 0 Å². The van der Waals surface area contributed by atoms with Gasteiger partial charge in [0.15, 0.2) is 0 Å². The Kier molecular flexibility index (Phi) is 4.76. The summed E-state index contributed by atoms with van der Waals surface area (Å²) in [4.78, 5) is 0. The van der Waals surface area contributed by atoms with Gasteiger partial charge >= 0.3 is 0 Å². The Bertz CT molecular complexity index is 279. The Morgan fingerprint density at radius 3 is 2.27 bits per heavy atom. The maximum absolute atomic E-state index is 12.7. The predicted molar refractivity (Wildman–Crippen MR) is 62.2 cm³/mol. The quantitative estimate of drug-likeness (QED) is 0.784. The molecule has 15 heavy (non-hydrogen) atoms. The van der Waals surface area contributed by atoms with E-state index in [0.717, 1.165) is 18.5 Å². The molecule has 0 fully saturated rings. The van der Waals surface area contributed by atoms with E-state index in [9.17, 15) is 4.39 Å². The molecule has 0 spiro atoms. The number of halogens is 1. The number of hydrogen-bond donors (Lipinski definition) is 1. The maximum atomic E-state index is 12.7. The van der Waals surface area contributed by atoms with Crippen LogP contribution in [-0.4, -0.2) is 6.04 Å². The molecule has 1 aromatic carbocycles. The van der Waals surface area contributed by atoms with Crippen molar-refractivity contribution in [2.24, 2.45) is 5.92 Å². The lowest BCUT2D eigenvalue weighted by Gasteiger charge is -2.20. The highest BCUT2D eigenvalue weighted by Crippen LogP contribution is 2.08. The Labute approximate surface area is 91.7 Å². The lowest BCUT2D eigenvalue weighted by Crippen LogP contribution is -2.32. The number of hydrogen-bond acceptors (Lipinski definition) is 1. The molecule has 0 bridgehead atoms. The fourth-order valence-corrected chi connectivity index (χ4v) is 1.70. The van der Waals surface area contributed by atoms with Gasteiger partial charge in [-0.25, -0.2) is 4.39 Å². The van der Waals surface area contributed by atoms with Crippen LogP contribution in [0.5, 0.6) is 0 Å². The molecule has 1 atom stereocenters. The van der Waals surface area contributed by atoms with E-state index < -0.39 is 0 Å². The molecular formula is C13H20FN. The second-order valence-corrected chi connectivity index (χ2v) is 4.27. The molecule has 0 heterocycles. The van der Waals surface area contributed by atoms with Gasteiger partial charge in [0.2, 0.25) is 0 Å². The van der Waals surface area contributed by atoms with E-state index in [1.807, 2.05) is 12.1 Å². The third-order valence-corrected chi connectivity index (χ3v) is 2.73. The van der Waals surface area contributed by atoms with E-state index in [-0.39, 0.29) is 5.82 Å². The summed E-state index contributed by atoms with van der Waals surface area (Å²) in [5.74, 6) is 0.463. The van der Waals surface area contributed by atoms with Crippen LogP contribution in [0.15, 0.2) is 24.3 Å². The third kappa shape index (κ3) is 4.00. The number of nitrogens with one attached hydrogen (secondary N) is 1. The van der Waals surface area contributed by atoms with Crippen LogP contribution in [0.3, 0.4) is 0 Å². The molecule has 0 aromatic heterocycles. The standard InChI is InChI=1S/C13H20FN/c1-4-13(10(2)3)15-9-11-5-7-12(14)8-6-11/h5-8,10,13,15H,4,9H2,1-3H3. The van der Waals surface area contributed by atoms with E-state index in [1.165, 1.54) is 12.1 Å². The number of benzene rings is 1. The molecule has 0 saturated carbocycles. The second kappa shape index (κ2) is 5.86. The Morgan fingerprint density at radius 1 is 1.20 bits per heavy atom. The van der Waals surface area contributed by atoms with Gasteiger partial charge in [0.05, 0.1) is 0 Å². The molecule has 0 saturated heterocycles. The molecule has 84 valence electrons. The zero-order valence-corrected chi connectivity index (χ0v) is 9.76. The summed E-state index contributed by atoms with van der Waals surface area (Å²) in [5.41, 5.74) is 1.13. The van der Waals surface area contributed by atoms with Gasteiger partial charge in [0, 0.05) is 12.6 Å². The summed E-state index contributed by atoms with van der Waals surface area (Å²) in [5, 5.41) is 3.48. The summed E-state index contributed by atoms with van der Waals surface area (Å²) >= 11 is 0. The molecule has 1 N–H and O–H groups in total. The molecule has 2 heteroatoms. The van der Waals surface area contributed by atoms with Gasteiger partial charge in [-0.05, 0) is 30.0 Å². The molecule has 1 rings (SSSR count). The van der Waals surface area contributed by atoms with E-state index in [1.54, 1.807) is 0 Å². The summed E-state index contributed by atoms with van der Waals surface area (Å²) < 4.78 is 12.7. The Hall–Kier alpha value is -0.890. The fraction of sp³-hybridized carbons (Fsp3) is 0.538. The molecule has 1 nitrogen and oxygen atoms in total. The van der Waals surface area contributed by atoms with Gasteiger partial charge < -0.3 is 5.32 Å². The van der Waals surface area contributed by atoms with Crippen molar-refractivity contribution < 1.29 is 4.39 Å². The Morgan fingerprint density at radius 2 is 1.80 bits per heavy atom. The first-order valence-corrected chi connectivity index (χ1v) is 5.61. The van der Waals surface area contributed by atoms with E-state index in [4.69, 9.17) is 0 Å². The first kappa shape index (κ1) is 12.2. The molecule has 0 radical (unpaired) electrons. The van der Waals surface area contributed by atoms with Crippen molar-refractivity contribution in [1.29, 1.82) is 0 Å². The first-order valence-electron chi connectivity index (χ1n) is 5.61. The molecule has 0 amide bonds. The first-order chi connectivity index (χ1) is 7.13.